The van der Waals surface area contributed by atoms with Gasteiger partial charge in [0.05, 0.1) is 12.7 Å². The van der Waals surface area contributed by atoms with Crippen molar-refractivity contribution >= 4 is 0 Å². The van der Waals surface area contributed by atoms with Crippen LogP contribution >= 0.6 is 0 Å². The Hall–Kier alpha value is -0.120. The van der Waals surface area contributed by atoms with E-state index >= 15 is 0 Å². The fourth-order valence-electron chi connectivity index (χ4n) is 1.87. The van der Waals surface area contributed by atoms with E-state index in [1.165, 1.54) is 0 Å². The number of hydrogen-bond donors (Lipinski definition) is 2. The first-order chi connectivity index (χ1) is 5.76. The van der Waals surface area contributed by atoms with Crippen molar-refractivity contribution in [1.29, 1.82) is 0 Å². The van der Waals surface area contributed by atoms with Crippen LogP contribution in [0.4, 0.5) is 0 Å². The van der Waals surface area contributed by atoms with Crippen molar-refractivity contribution in [3.63, 3.8) is 0 Å². The molecule has 1 aliphatic carbocycles. The quantitative estimate of drug-likeness (QED) is 0.654. The monoisotopic (exact) mass is 173 g/mol. The van der Waals surface area contributed by atoms with Gasteiger partial charge in [-0.1, -0.05) is 0 Å². The summed E-state index contributed by atoms with van der Waals surface area (Å²) in [5.41, 5.74) is -0.0327. The maximum atomic E-state index is 9.20. The van der Waals surface area contributed by atoms with E-state index in [1.807, 2.05) is 7.05 Å². The van der Waals surface area contributed by atoms with E-state index in [0.29, 0.717) is 6.10 Å². The standard InChI is InChI=1S/C9H19NO2/c1-10-9(7-11)5-3-8(12-2)4-6-9/h8,10-11H,3-7H2,1-2H3. The molecule has 0 amide bonds. The Bertz CT molecular complexity index is 124. The molecule has 2 N–H and O–H groups in total. The average Bonchev–Trinajstić information content (AvgIpc) is 2.18. The van der Waals surface area contributed by atoms with Gasteiger partial charge in [0.1, 0.15) is 0 Å². The lowest BCUT2D eigenvalue weighted by Gasteiger charge is -2.38. The van der Waals surface area contributed by atoms with Gasteiger partial charge in [-0.05, 0) is 32.7 Å². The Morgan fingerprint density at radius 1 is 1.50 bits per heavy atom. The zero-order valence-corrected chi connectivity index (χ0v) is 7.97. The van der Waals surface area contributed by atoms with Crippen molar-refractivity contribution in [2.24, 2.45) is 0 Å². The summed E-state index contributed by atoms with van der Waals surface area (Å²) in [6.07, 6.45) is 4.53. The van der Waals surface area contributed by atoms with Gasteiger partial charge in [-0.2, -0.15) is 0 Å². The van der Waals surface area contributed by atoms with Gasteiger partial charge in [-0.15, -0.1) is 0 Å². The summed E-state index contributed by atoms with van der Waals surface area (Å²) in [6, 6.07) is 0. The maximum absolute atomic E-state index is 9.20. The Morgan fingerprint density at radius 2 is 2.08 bits per heavy atom. The van der Waals surface area contributed by atoms with Crippen LogP contribution in [0.5, 0.6) is 0 Å². The summed E-state index contributed by atoms with van der Waals surface area (Å²) in [6.45, 7) is 0.236. The minimum atomic E-state index is -0.0327. The number of aliphatic hydroxyl groups is 1. The molecule has 0 aromatic rings. The lowest BCUT2D eigenvalue weighted by molar-refractivity contribution is 0.0259. The SMILES string of the molecule is CNC1(CO)CCC(OC)CC1. The smallest absolute Gasteiger partial charge is 0.0613 e. The van der Waals surface area contributed by atoms with Gasteiger partial charge in [0.2, 0.25) is 0 Å². The minimum Gasteiger partial charge on any atom is -0.394 e. The normalized spacial score (nSPS) is 36.8. The molecule has 0 aromatic carbocycles. The molecular formula is C9H19NO2. The molecule has 0 aliphatic heterocycles. The van der Waals surface area contributed by atoms with Crippen LogP contribution in [-0.4, -0.2) is 37.5 Å². The van der Waals surface area contributed by atoms with Crippen LogP contribution in [0.25, 0.3) is 0 Å². The van der Waals surface area contributed by atoms with Crippen LogP contribution in [0, 0.1) is 0 Å². The summed E-state index contributed by atoms with van der Waals surface area (Å²) in [4.78, 5) is 0. The third-order valence-corrected chi connectivity index (χ3v) is 3.06. The summed E-state index contributed by atoms with van der Waals surface area (Å²) in [5, 5.41) is 12.4. The van der Waals surface area contributed by atoms with Crippen LogP contribution in [0.2, 0.25) is 0 Å². The molecule has 1 rings (SSSR count). The number of rotatable bonds is 3. The molecule has 72 valence electrons. The van der Waals surface area contributed by atoms with E-state index in [-0.39, 0.29) is 12.1 Å². The lowest BCUT2D eigenvalue weighted by Crippen LogP contribution is -2.50. The van der Waals surface area contributed by atoms with Crippen molar-refractivity contribution in [2.75, 3.05) is 20.8 Å². The molecule has 0 radical (unpaired) electrons. The zero-order valence-electron chi connectivity index (χ0n) is 7.97. The summed E-state index contributed by atoms with van der Waals surface area (Å²) in [7, 11) is 3.68. The van der Waals surface area contributed by atoms with Crippen molar-refractivity contribution in [3.05, 3.63) is 0 Å². The van der Waals surface area contributed by atoms with Gasteiger partial charge in [0.15, 0.2) is 0 Å². The molecule has 0 atom stereocenters. The van der Waals surface area contributed by atoms with Gasteiger partial charge in [-0.3, -0.25) is 0 Å². The van der Waals surface area contributed by atoms with Crippen molar-refractivity contribution in [2.45, 2.75) is 37.3 Å². The predicted octanol–water partition coefficient (Wildman–Crippen LogP) is 0.526. The van der Waals surface area contributed by atoms with Crippen LogP contribution in [0.3, 0.4) is 0 Å². The van der Waals surface area contributed by atoms with Crippen LogP contribution in [-0.2, 0) is 4.74 Å². The van der Waals surface area contributed by atoms with Crippen LogP contribution in [0.1, 0.15) is 25.7 Å². The second kappa shape index (κ2) is 4.21. The zero-order chi connectivity index (χ0) is 9.03. The first-order valence-electron chi connectivity index (χ1n) is 4.59. The van der Waals surface area contributed by atoms with Gasteiger partial charge >= 0.3 is 0 Å². The van der Waals surface area contributed by atoms with E-state index in [2.05, 4.69) is 5.32 Å². The molecule has 0 bridgehead atoms. The van der Waals surface area contributed by atoms with E-state index < -0.39 is 0 Å². The highest BCUT2D eigenvalue weighted by Crippen LogP contribution is 2.28. The Labute approximate surface area is 74.1 Å². The van der Waals surface area contributed by atoms with Crippen molar-refractivity contribution < 1.29 is 9.84 Å². The van der Waals surface area contributed by atoms with Gasteiger partial charge in [0.25, 0.3) is 0 Å². The first kappa shape index (κ1) is 9.96. The number of hydrogen-bond acceptors (Lipinski definition) is 3. The average molecular weight is 173 g/mol. The van der Waals surface area contributed by atoms with Gasteiger partial charge in [-0.25, -0.2) is 0 Å². The Morgan fingerprint density at radius 3 is 2.42 bits per heavy atom. The molecule has 3 nitrogen and oxygen atoms in total. The van der Waals surface area contributed by atoms with Gasteiger partial charge < -0.3 is 15.2 Å². The predicted molar refractivity (Wildman–Crippen MR) is 48.1 cm³/mol. The second-order valence-corrected chi connectivity index (χ2v) is 3.62. The van der Waals surface area contributed by atoms with E-state index in [1.54, 1.807) is 7.11 Å². The molecule has 3 heteroatoms. The highest BCUT2D eigenvalue weighted by Gasteiger charge is 2.33. The fourth-order valence-corrected chi connectivity index (χ4v) is 1.87. The third-order valence-electron chi connectivity index (χ3n) is 3.06. The van der Waals surface area contributed by atoms with E-state index in [4.69, 9.17) is 4.74 Å². The second-order valence-electron chi connectivity index (χ2n) is 3.62. The Kier molecular flexibility index (Phi) is 3.50. The molecule has 0 saturated heterocycles. The highest BCUT2D eigenvalue weighted by atomic mass is 16.5. The molecule has 1 aliphatic rings. The fraction of sp³-hybridized carbons (Fsp3) is 1.00. The third kappa shape index (κ3) is 1.97. The van der Waals surface area contributed by atoms with Crippen molar-refractivity contribution in [1.82, 2.24) is 5.32 Å². The summed E-state index contributed by atoms with van der Waals surface area (Å²) >= 11 is 0. The van der Waals surface area contributed by atoms with Crippen LogP contribution in [0.15, 0.2) is 0 Å². The van der Waals surface area contributed by atoms with Gasteiger partial charge in [0, 0.05) is 12.6 Å². The Balaban J connectivity index is 2.42. The molecular weight excluding hydrogens is 154 g/mol. The molecule has 0 spiro atoms. The maximum Gasteiger partial charge on any atom is 0.0613 e. The topological polar surface area (TPSA) is 41.5 Å². The largest absolute Gasteiger partial charge is 0.394 e. The minimum absolute atomic E-state index is 0.0327. The first-order valence-corrected chi connectivity index (χ1v) is 4.59. The number of likely N-dealkylation sites (N-methyl/N-ethyl adjacent to an activating group) is 1. The molecule has 0 heterocycles. The van der Waals surface area contributed by atoms with E-state index in [0.717, 1.165) is 25.7 Å². The molecule has 12 heavy (non-hydrogen) atoms. The summed E-state index contributed by atoms with van der Waals surface area (Å²) < 4.78 is 5.26. The lowest BCUT2D eigenvalue weighted by atomic mass is 9.81. The van der Waals surface area contributed by atoms with Crippen LogP contribution < -0.4 is 5.32 Å². The number of ether oxygens (including phenoxy) is 1. The highest BCUT2D eigenvalue weighted by molar-refractivity contribution is 4.91. The number of nitrogens with one attached hydrogen (secondary N) is 1. The van der Waals surface area contributed by atoms with E-state index in [9.17, 15) is 5.11 Å². The number of methoxy groups -OCH3 is 1. The molecule has 0 unspecified atom stereocenters. The molecule has 1 saturated carbocycles. The van der Waals surface area contributed by atoms with Crippen molar-refractivity contribution in [3.8, 4) is 0 Å². The summed E-state index contributed by atoms with van der Waals surface area (Å²) in [5.74, 6) is 0. The molecule has 0 aromatic heterocycles. The molecule has 1 fully saturated rings. The number of aliphatic hydroxyl groups excluding tert-OH is 1.